The molecule has 3 heterocycles. The van der Waals surface area contributed by atoms with Crippen LogP contribution in [0.4, 0.5) is 28.2 Å². The molecule has 1 N–H and O–H groups in total. The van der Waals surface area contributed by atoms with E-state index < -0.39 is 18.6 Å². The summed E-state index contributed by atoms with van der Waals surface area (Å²) in [5, 5.41) is 10.9. The molecule has 3 aromatic rings. The summed E-state index contributed by atoms with van der Waals surface area (Å²) in [6.07, 6.45) is -1.49. The van der Waals surface area contributed by atoms with Crippen molar-refractivity contribution < 1.29 is 31.8 Å². The van der Waals surface area contributed by atoms with Gasteiger partial charge in [0.25, 0.3) is 0 Å². The number of nitrogens with zero attached hydrogens (tertiary/aromatic N) is 5. The minimum absolute atomic E-state index is 0.119. The zero-order chi connectivity index (χ0) is 23.4. The maximum atomic E-state index is 14.7. The van der Waals surface area contributed by atoms with Gasteiger partial charge in [-0.15, -0.1) is 23.4 Å². The maximum Gasteiger partial charge on any atom is 0.573 e. The number of aromatic nitrogens is 4. The molecule has 0 unspecified atom stereocenters. The summed E-state index contributed by atoms with van der Waals surface area (Å²) in [7, 11) is 0. The number of likely N-dealkylation sites (tertiary alicyclic amines) is 1. The summed E-state index contributed by atoms with van der Waals surface area (Å²) in [4.78, 5) is 17.8. The molecule has 0 bridgehead atoms. The molecule has 2 aromatic heterocycles. The molecule has 1 saturated heterocycles. The quantitative estimate of drug-likeness (QED) is 0.554. The first-order chi connectivity index (χ1) is 15.8. The molecule has 2 atom stereocenters. The van der Waals surface area contributed by atoms with Crippen molar-refractivity contribution in [3.05, 3.63) is 48.5 Å². The first kappa shape index (κ1) is 22.6. The van der Waals surface area contributed by atoms with Gasteiger partial charge in [0.1, 0.15) is 24.9 Å². The molecular weight excluding hydrogens is 448 g/mol. The van der Waals surface area contributed by atoms with Crippen LogP contribution in [-0.2, 0) is 11.3 Å². The number of hydrogen-bond acceptors (Lipinski definition) is 7. The Bertz CT molecular complexity index is 1090. The predicted octanol–water partition coefficient (Wildman–Crippen LogP) is 3.43. The highest BCUT2D eigenvalue weighted by Gasteiger charge is 2.33. The van der Waals surface area contributed by atoms with Gasteiger partial charge >= 0.3 is 12.5 Å². The van der Waals surface area contributed by atoms with Crippen LogP contribution >= 0.6 is 0 Å². The largest absolute Gasteiger partial charge is 0.573 e. The zero-order valence-electron chi connectivity index (χ0n) is 17.2. The van der Waals surface area contributed by atoms with Crippen LogP contribution in [0.2, 0.25) is 0 Å². The van der Waals surface area contributed by atoms with E-state index in [0.717, 1.165) is 12.1 Å². The van der Waals surface area contributed by atoms with Crippen molar-refractivity contribution in [2.75, 3.05) is 25.0 Å². The van der Waals surface area contributed by atoms with Crippen molar-refractivity contribution in [1.29, 1.82) is 0 Å². The molecule has 4 rings (SSSR count). The standard InChI is InChI=1S/C20H20F4N6O3/c21-16-10-29(19(31)32-11-13-1-3-15(4-2-13)33-20(22,23)24)7-5-14(16)9-26-17-18-28-27-12-30(18)8-6-25-17/h1-4,6,8,12,14,16H,5,7,9-11H2,(H,25,26)/t14-,16-/m1/s1. The second-order valence-electron chi connectivity index (χ2n) is 7.48. The first-order valence-corrected chi connectivity index (χ1v) is 10.1. The lowest BCUT2D eigenvalue weighted by atomic mass is 9.95. The van der Waals surface area contributed by atoms with E-state index in [2.05, 4.69) is 25.2 Å². The van der Waals surface area contributed by atoms with Gasteiger partial charge in [-0.05, 0) is 24.1 Å². The van der Waals surface area contributed by atoms with Crippen LogP contribution in [0.5, 0.6) is 5.75 Å². The highest BCUT2D eigenvalue weighted by molar-refractivity contribution is 5.68. The Morgan fingerprint density at radius 1 is 1.24 bits per heavy atom. The van der Waals surface area contributed by atoms with Crippen molar-refractivity contribution in [2.24, 2.45) is 5.92 Å². The van der Waals surface area contributed by atoms with Crippen LogP contribution in [0.25, 0.3) is 5.65 Å². The number of carbonyl (C=O) groups excluding carboxylic acids is 1. The number of rotatable bonds is 6. The van der Waals surface area contributed by atoms with Gasteiger partial charge in [-0.1, -0.05) is 12.1 Å². The van der Waals surface area contributed by atoms with Crippen LogP contribution in [0.3, 0.4) is 0 Å². The van der Waals surface area contributed by atoms with E-state index in [0.29, 0.717) is 36.5 Å². The summed E-state index contributed by atoms with van der Waals surface area (Å²) >= 11 is 0. The highest BCUT2D eigenvalue weighted by Crippen LogP contribution is 2.24. The molecule has 1 fully saturated rings. The van der Waals surface area contributed by atoms with E-state index in [9.17, 15) is 22.4 Å². The van der Waals surface area contributed by atoms with E-state index in [4.69, 9.17) is 4.74 Å². The second kappa shape index (κ2) is 9.46. The normalized spacial score (nSPS) is 18.8. The fourth-order valence-corrected chi connectivity index (χ4v) is 3.48. The molecule has 0 spiro atoms. The maximum absolute atomic E-state index is 14.7. The van der Waals surface area contributed by atoms with Crippen molar-refractivity contribution in [1.82, 2.24) is 24.5 Å². The average molecular weight is 468 g/mol. The number of nitrogens with one attached hydrogen (secondary N) is 1. The predicted molar refractivity (Wildman–Crippen MR) is 107 cm³/mol. The Morgan fingerprint density at radius 3 is 2.76 bits per heavy atom. The van der Waals surface area contributed by atoms with Gasteiger partial charge in [0.2, 0.25) is 5.65 Å². The number of anilines is 1. The molecule has 1 aliphatic heterocycles. The SMILES string of the molecule is O=C(OCc1ccc(OC(F)(F)F)cc1)N1CC[C@H](CNc2nccn3cnnc23)[C@H](F)C1. The van der Waals surface area contributed by atoms with Gasteiger partial charge in [-0.2, -0.15) is 0 Å². The van der Waals surface area contributed by atoms with E-state index in [1.165, 1.54) is 23.4 Å². The van der Waals surface area contributed by atoms with Crippen LogP contribution < -0.4 is 10.1 Å². The fourth-order valence-electron chi connectivity index (χ4n) is 3.48. The van der Waals surface area contributed by atoms with Gasteiger partial charge in [0.15, 0.2) is 5.82 Å². The summed E-state index contributed by atoms with van der Waals surface area (Å²) in [6.45, 7) is 0.353. The summed E-state index contributed by atoms with van der Waals surface area (Å²) in [5.74, 6) is -0.208. The van der Waals surface area contributed by atoms with E-state index >= 15 is 0 Å². The lowest BCUT2D eigenvalue weighted by Crippen LogP contribution is -2.46. The third kappa shape index (κ3) is 5.79. The van der Waals surface area contributed by atoms with Crippen LogP contribution in [0, 0.1) is 5.92 Å². The van der Waals surface area contributed by atoms with Crippen molar-refractivity contribution in [3.63, 3.8) is 0 Å². The molecule has 1 aliphatic rings. The smallest absolute Gasteiger partial charge is 0.445 e. The molecule has 1 amide bonds. The summed E-state index contributed by atoms with van der Waals surface area (Å²) in [5.41, 5.74) is 1.01. The molecule has 33 heavy (non-hydrogen) atoms. The van der Waals surface area contributed by atoms with Crippen molar-refractivity contribution in [3.8, 4) is 5.75 Å². The monoisotopic (exact) mass is 468 g/mol. The van der Waals surface area contributed by atoms with E-state index in [1.54, 1.807) is 16.8 Å². The Labute approximate surface area is 185 Å². The van der Waals surface area contributed by atoms with Gasteiger partial charge < -0.3 is 19.7 Å². The molecule has 9 nitrogen and oxygen atoms in total. The Hall–Kier alpha value is -3.64. The number of alkyl halides is 4. The zero-order valence-corrected chi connectivity index (χ0v) is 17.2. The molecule has 0 aliphatic carbocycles. The first-order valence-electron chi connectivity index (χ1n) is 10.1. The summed E-state index contributed by atoms with van der Waals surface area (Å²) in [6, 6.07) is 4.96. The lowest BCUT2D eigenvalue weighted by molar-refractivity contribution is -0.274. The molecule has 176 valence electrons. The van der Waals surface area contributed by atoms with E-state index in [1.807, 2.05) is 0 Å². The second-order valence-corrected chi connectivity index (χ2v) is 7.48. The number of halogens is 4. The van der Waals surface area contributed by atoms with Gasteiger partial charge in [0, 0.05) is 31.4 Å². The molecule has 1 aromatic carbocycles. The van der Waals surface area contributed by atoms with Crippen LogP contribution in [-0.4, -0.2) is 62.7 Å². The number of hydrogen-bond donors (Lipinski definition) is 1. The molecule has 0 radical (unpaired) electrons. The minimum Gasteiger partial charge on any atom is -0.445 e. The van der Waals surface area contributed by atoms with Gasteiger partial charge in [-0.3, -0.25) is 4.40 Å². The molecular formula is C20H20F4N6O3. The Morgan fingerprint density at radius 2 is 2.03 bits per heavy atom. The van der Waals surface area contributed by atoms with Gasteiger partial charge in [0.05, 0.1) is 6.54 Å². The molecule has 13 heteroatoms. The highest BCUT2D eigenvalue weighted by atomic mass is 19.4. The topological polar surface area (TPSA) is 93.9 Å². The van der Waals surface area contributed by atoms with Crippen LogP contribution in [0.15, 0.2) is 43.0 Å². The number of amides is 1. The van der Waals surface area contributed by atoms with E-state index in [-0.39, 0.29) is 24.8 Å². The minimum atomic E-state index is -4.78. The van der Waals surface area contributed by atoms with Crippen LogP contribution in [0.1, 0.15) is 12.0 Å². The third-order valence-electron chi connectivity index (χ3n) is 5.20. The van der Waals surface area contributed by atoms with Crippen molar-refractivity contribution >= 4 is 17.6 Å². The Kier molecular flexibility index (Phi) is 6.47. The third-order valence-corrected chi connectivity index (χ3v) is 5.20. The lowest BCUT2D eigenvalue weighted by Gasteiger charge is -2.34. The fraction of sp³-hybridized carbons (Fsp3) is 0.400. The molecule has 0 saturated carbocycles. The number of fused-ring (bicyclic) bond motifs is 1. The number of carbonyl (C=O) groups is 1. The number of piperidine rings is 1. The number of ether oxygens (including phenoxy) is 2. The number of benzene rings is 1. The summed E-state index contributed by atoms with van der Waals surface area (Å²) < 4.78 is 62.0. The van der Waals surface area contributed by atoms with Gasteiger partial charge in [-0.25, -0.2) is 14.2 Å². The van der Waals surface area contributed by atoms with Crippen molar-refractivity contribution in [2.45, 2.75) is 25.6 Å². The Balaban J connectivity index is 1.23. The average Bonchev–Trinajstić information content (AvgIpc) is 3.26.